The highest BCUT2D eigenvalue weighted by atomic mass is 35.5. The minimum absolute atomic E-state index is 0.331. The summed E-state index contributed by atoms with van der Waals surface area (Å²) in [4.78, 5) is 3.64. The number of likely N-dealkylation sites (N-methyl/N-ethyl adjacent to an activating group) is 1. The smallest absolute Gasteiger partial charge is 0.0642 e. The van der Waals surface area contributed by atoms with E-state index in [4.69, 9.17) is 11.6 Å². The van der Waals surface area contributed by atoms with E-state index in [1.807, 2.05) is 11.3 Å². The topological polar surface area (TPSA) is 15.3 Å². The standard InChI is InChI=1S/C17H23ClN2S/c1-4-19-13(2)14-7-8-17(16(18)12-14)20(3)10-9-15-6-5-11-21-15/h5-8,11-13,19H,4,9-10H2,1-3H3. The second-order valence-electron chi connectivity index (χ2n) is 5.24. The van der Waals surface area contributed by atoms with Crippen molar-refractivity contribution in [2.45, 2.75) is 26.3 Å². The number of nitrogens with one attached hydrogen (secondary N) is 1. The molecule has 0 aliphatic heterocycles. The first-order valence-corrected chi connectivity index (χ1v) is 8.64. The molecule has 0 aliphatic rings. The fourth-order valence-corrected chi connectivity index (χ4v) is 3.41. The summed E-state index contributed by atoms with van der Waals surface area (Å²) in [6.07, 6.45) is 1.06. The number of anilines is 1. The lowest BCUT2D eigenvalue weighted by Crippen LogP contribution is -2.21. The zero-order chi connectivity index (χ0) is 15.2. The summed E-state index contributed by atoms with van der Waals surface area (Å²) >= 11 is 8.27. The summed E-state index contributed by atoms with van der Waals surface area (Å²) in [6.45, 7) is 6.21. The SMILES string of the molecule is CCNC(C)c1ccc(N(C)CCc2cccs2)c(Cl)c1. The molecule has 114 valence electrons. The lowest BCUT2D eigenvalue weighted by Gasteiger charge is -2.22. The maximum atomic E-state index is 6.46. The molecule has 2 aromatic rings. The Kier molecular flexibility index (Phi) is 6.09. The van der Waals surface area contributed by atoms with Gasteiger partial charge in [0, 0.05) is 24.5 Å². The summed E-state index contributed by atoms with van der Waals surface area (Å²) in [6, 6.07) is 11.0. The Morgan fingerprint density at radius 1 is 1.33 bits per heavy atom. The molecule has 2 rings (SSSR count). The molecular weight excluding hydrogens is 300 g/mol. The van der Waals surface area contributed by atoms with Crippen LogP contribution in [-0.4, -0.2) is 20.1 Å². The molecule has 0 spiro atoms. The molecule has 21 heavy (non-hydrogen) atoms. The van der Waals surface area contributed by atoms with Crippen molar-refractivity contribution in [2.24, 2.45) is 0 Å². The second-order valence-corrected chi connectivity index (χ2v) is 6.68. The molecule has 0 aliphatic carbocycles. The van der Waals surface area contributed by atoms with Gasteiger partial charge in [-0.1, -0.05) is 30.7 Å². The lowest BCUT2D eigenvalue weighted by atomic mass is 10.1. The first-order valence-electron chi connectivity index (χ1n) is 7.38. The zero-order valence-electron chi connectivity index (χ0n) is 12.9. The van der Waals surface area contributed by atoms with Crippen LogP contribution in [0.5, 0.6) is 0 Å². The van der Waals surface area contributed by atoms with Crippen LogP contribution in [-0.2, 0) is 6.42 Å². The van der Waals surface area contributed by atoms with Crippen LogP contribution in [0.4, 0.5) is 5.69 Å². The maximum absolute atomic E-state index is 6.46. The second kappa shape index (κ2) is 7.83. The Morgan fingerprint density at radius 3 is 2.76 bits per heavy atom. The van der Waals surface area contributed by atoms with Crippen molar-refractivity contribution in [3.05, 3.63) is 51.2 Å². The van der Waals surface area contributed by atoms with Gasteiger partial charge in [0.05, 0.1) is 10.7 Å². The largest absolute Gasteiger partial charge is 0.373 e. The highest BCUT2D eigenvalue weighted by molar-refractivity contribution is 7.09. The molecular formula is C17H23ClN2S. The summed E-state index contributed by atoms with van der Waals surface area (Å²) in [7, 11) is 2.10. The van der Waals surface area contributed by atoms with E-state index < -0.39 is 0 Å². The third-order valence-electron chi connectivity index (χ3n) is 3.67. The fraction of sp³-hybridized carbons (Fsp3) is 0.412. The molecule has 1 aromatic heterocycles. The predicted octanol–water partition coefficient (Wildman–Crippen LogP) is 4.75. The van der Waals surface area contributed by atoms with Crippen LogP contribution in [0.2, 0.25) is 5.02 Å². The van der Waals surface area contributed by atoms with E-state index >= 15 is 0 Å². The fourth-order valence-electron chi connectivity index (χ4n) is 2.38. The molecule has 0 bridgehead atoms. The van der Waals surface area contributed by atoms with Gasteiger partial charge in [0.25, 0.3) is 0 Å². The number of benzene rings is 1. The van der Waals surface area contributed by atoms with Crippen LogP contribution in [0.1, 0.15) is 30.3 Å². The van der Waals surface area contributed by atoms with Gasteiger partial charge in [-0.15, -0.1) is 11.3 Å². The molecule has 0 amide bonds. The number of halogens is 1. The van der Waals surface area contributed by atoms with E-state index in [-0.39, 0.29) is 0 Å². The van der Waals surface area contributed by atoms with Crippen molar-refractivity contribution >= 4 is 28.6 Å². The molecule has 1 unspecified atom stereocenters. The summed E-state index contributed by atoms with van der Waals surface area (Å²) in [5, 5.41) is 6.36. The van der Waals surface area contributed by atoms with Crippen molar-refractivity contribution in [1.29, 1.82) is 0 Å². The van der Waals surface area contributed by atoms with Gasteiger partial charge in [-0.2, -0.15) is 0 Å². The van der Waals surface area contributed by atoms with E-state index in [2.05, 4.69) is 66.8 Å². The quantitative estimate of drug-likeness (QED) is 0.791. The summed E-state index contributed by atoms with van der Waals surface area (Å²) < 4.78 is 0. The van der Waals surface area contributed by atoms with E-state index in [1.165, 1.54) is 10.4 Å². The molecule has 0 fully saturated rings. The minimum Gasteiger partial charge on any atom is -0.373 e. The van der Waals surface area contributed by atoms with Crippen LogP contribution < -0.4 is 10.2 Å². The van der Waals surface area contributed by atoms with Gasteiger partial charge in [0.15, 0.2) is 0 Å². The van der Waals surface area contributed by atoms with Gasteiger partial charge < -0.3 is 10.2 Å². The Bertz CT molecular complexity index is 554. The monoisotopic (exact) mass is 322 g/mol. The number of nitrogens with zero attached hydrogens (tertiary/aromatic N) is 1. The third kappa shape index (κ3) is 4.47. The summed E-state index contributed by atoms with van der Waals surface area (Å²) in [5.41, 5.74) is 2.33. The van der Waals surface area contributed by atoms with Crippen LogP contribution >= 0.6 is 22.9 Å². The van der Waals surface area contributed by atoms with E-state index in [9.17, 15) is 0 Å². The molecule has 0 saturated carbocycles. The predicted molar refractivity (Wildman–Crippen MR) is 94.8 cm³/mol. The molecule has 1 atom stereocenters. The first kappa shape index (κ1) is 16.3. The molecule has 1 aromatic carbocycles. The molecule has 2 nitrogen and oxygen atoms in total. The van der Waals surface area contributed by atoms with Gasteiger partial charge in [-0.25, -0.2) is 0 Å². The van der Waals surface area contributed by atoms with E-state index in [1.54, 1.807) is 0 Å². The van der Waals surface area contributed by atoms with Crippen LogP contribution in [0, 0.1) is 0 Å². The third-order valence-corrected chi connectivity index (χ3v) is 4.91. The average Bonchev–Trinajstić information content (AvgIpc) is 2.98. The Hall–Kier alpha value is -1.03. The number of hydrogen-bond acceptors (Lipinski definition) is 3. The van der Waals surface area contributed by atoms with Gasteiger partial charge in [0.2, 0.25) is 0 Å². The van der Waals surface area contributed by atoms with Crippen molar-refractivity contribution in [3.63, 3.8) is 0 Å². The Balaban J connectivity index is 2.02. The molecule has 0 saturated heterocycles. The van der Waals surface area contributed by atoms with Crippen LogP contribution in [0.3, 0.4) is 0 Å². The highest BCUT2D eigenvalue weighted by Gasteiger charge is 2.10. The van der Waals surface area contributed by atoms with Gasteiger partial charge in [0.1, 0.15) is 0 Å². The van der Waals surface area contributed by atoms with E-state index in [0.29, 0.717) is 6.04 Å². The van der Waals surface area contributed by atoms with Crippen LogP contribution in [0.25, 0.3) is 0 Å². The van der Waals surface area contributed by atoms with Gasteiger partial charge >= 0.3 is 0 Å². The van der Waals surface area contributed by atoms with Gasteiger partial charge in [-0.05, 0) is 49.0 Å². The first-order chi connectivity index (χ1) is 10.1. The number of thiophene rings is 1. The normalized spacial score (nSPS) is 12.4. The van der Waals surface area contributed by atoms with Crippen molar-refractivity contribution in [1.82, 2.24) is 5.32 Å². The van der Waals surface area contributed by atoms with E-state index in [0.717, 1.165) is 30.2 Å². The summed E-state index contributed by atoms with van der Waals surface area (Å²) in [5.74, 6) is 0. The number of rotatable bonds is 7. The van der Waals surface area contributed by atoms with Gasteiger partial charge in [-0.3, -0.25) is 0 Å². The van der Waals surface area contributed by atoms with Crippen molar-refractivity contribution in [3.8, 4) is 0 Å². The molecule has 0 radical (unpaired) electrons. The van der Waals surface area contributed by atoms with Crippen molar-refractivity contribution < 1.29 is 0 Å². The molecule has 1 heterocycles. The Morgan fingerprint density at radius 2 is 2.14 bits per heavy atom. The Labute approximate surface area is 136 Å². The zero-order valence-corrected chi connectivity index (χ0v) is 14.5. The number of hydrogen-bond donors (Lipinski definition) is 1. The minimum atomic E-state index is 0.331. The maximum Gasteiger partial charge on any atom is 0.0642 e. The lowest BCUT2D eigenvalue weighted by molar-refractivity contribution is 0.598. The van der Waals surface area contributed by atoms with Crippen molar-refractivity contribution in [2.75, 3.05) is 25.0 Å². The average molecular weight is 323 g/mol. The highest BCUT2D eigenvalue weighted by Crippen LogP contribution is 2.28. The molecule has 1 N–H and O–H groups in total. The van der Waals surface area contributed by atoms with Crippen LogP contribution in [0.15, 0.2) is 35.7 Å². The molecule has 4 heteroatoms.